The first-order valence-electron chi connectivity index (χ1n) is 19.3. The standard InChI is InChI=1S/C29H37.C15H14.C5H5.2ClH.Hf/c1-18-25-22-17-19-13-9-10-14-20(19)24(22)21-15-11-12-16-23(21)29(25,8)28(6,7)27(4,5)26(18,2)3;1-3-8-14(9-4-1)12-7-13-15-10-5-2-6-11-15;1-2-4-5-3-1;;;/h9-11,13-15,23H,12,16-17H2,1-8H3;1-6,8-11H,12-13H2;1-3H,4H2;2*1H;/q;;;;;+2/p-2. The maximum Gasteiger partial charge on any atom is -1.00 e. The zero-order valence-electron chi connectivity index (χ0n) is 32.5. The van der Waals surface area contributed by atoms with Crippen LogP contribution >= 0.6 is 0 Å². The fraction of sp³-hybridized carbons (Fsp3) is 0.408. The summed E-state index contributed by atoms with van der Waals surface area (Å²) in [5.41, 5.74) is 13.1. The smallest absolute Gasteiger partial charge is 1.00 e. The fourth-order valence-electron chi connectivity index (χ4n) is 11.8. The van der Waals surface area contributed by atoms with Crippen LogP contribution in [-0.2, 0) is 40.2 Å². The van der Waals surface area contributed by atoms with Gasteiger partial charge in [-0.1, -0.05) is 0 Å². The van der Waals surface area contributed by atoms with Gasteiger partial charge in [-0.2, -0.15) is 0 Å². The molecule has 5 aliphatic rings. The second kappa shape index (κ2) is 14.1. The largest absolute Gasteiger partial charge is 1.00 e. The van der Waals surface area contributed by atoms with Gasteiger partial charge in [-0.3, -0.25) is 0 Å². The summed E-state index contributed by atoms with van der Waals surface area (Å²) in [6.07, 6.45) is 19.3. The van der Waals surface area contributed by atoms with Gasteiger partial charge in [0.2, 0.25) is 0 Å². The Morgan fingerprint density at radius 3 is 1.88 bits per heavy atom. The molecule has 8 rings (SSSR count). The van der Waals surface area contributed by atoms with Crippen molar-refractivity contribution < 1.29 is 45.8 Å². The molecule has 3 aromatic carbocycles. The number of rotatable bonds is 6. The Balaban J connectivity index is 0.00000232. The van der Waals surface area contributed by atoms with Crippen molar-refractivity contribution in [1.29, 1.82) is 0 Å². The second-order valence-corrected chi connectivity index (χ2v) is 29.0. The van der Waals surface area contributed by atoms with Gasteiger partial charge in [0.05, 0.1) is 0 Å². The number of hydrogen-bond acceptors (Lipinski definition) is 0. The summed E-state index contributed by atoms with van der Waals surface area (Å²) in [7, 11) is 0. The van der Waals surface area contributed by atoms with E-state index in [1.165, 1.54) is 35.1 Å². The van der Waals surface area contributed by atoms with Gasteiger partial charge < -0.3 is 24.8 Å². The number of fused-ring (bicyclic) bond motifs is 6. The molecule has 0 saturated heterocycles. The van der Waals surface area contributed by atoms with Gasteiger partial charge in [0, 0.05) is 0 Å². The first kappa shape index (κ1) is 39.4. The van der Waals surface area contributed by atoms with Crippen LogP contribution in [0.5, 0.6) is 0 Å². The quantitative estimate of drug-likeness (QED) is 0.243. The molecule has 3 unspecified atom stereocenters. The molecule has 0 nitrogen and oxygen atoms in total. The van der Waals surface area contributed by atoms with E-state index in [0.29, 0.717) is 5.92 Å². The van der Waals surface area contributed by atoms with E-state index < -0.39 is 21.0 Å². The number of hydrogen-bond donors (Lipinski definition) is 0. The van der Waals surface area contributed by atoms with E-state index in [0.717, 1.165) is 25.7 Å². The van der Waals surface area contributed by atoms with Gasteiger partial charge >= 0.3 is 312 Å². The predicted molar refractivity (Wildman–Crippen MR) is 211 cm³/mol. The second-order valence-electron chi connectivity index (χ2n) is 17.9. The van der Waals surface area contributed by atoms with Crippen LogP contribution in [0.2, 0.25) is 3.17 Å². The first-order chi connectivity index (χ1) is 23.9. The van der Waals surface area contributed by atoms with E-state index in [9.17, 15) is 0 Å². The van der Waals surface area contributed by atoms with Gasteiger partial charge in [0.15, 0.2) is 0 Å². The molecule has 0 radical (unpaired) electrons. The van der Waals surface area contributed by atoms with E-state index in [2.05, 4.69) is 171 Å². The topological polar surface area (TPSA) is 0 Å². The third kappa shape index (κ3) is 5.40. The molecule has 0 spiro atoms. The molecular weight excluding hydrogens is 838 g/mol. The van der Waals surface area contributed by atoms with E-state index in [-0.39, 0.29) is 49.6 Å². The summed E-state index contributed by atoms with van der Waals surface area (Å²) >= 11 is -3.10. The predicted octanol–water partition coefficient (Wildman–Crippen LogP) is 6.68. The minimum absolute atomic E-state index is 0. The molecule has 0 heterocycles. The summed E-state index contributed by atoms with van der Waals surface area (Å²) < 4.78 is 3.75. The summed E-state index contributed by atoms with van der Waals surface area (Å²) in [4.78, 5) is 0. The third-order valence-electron chi connectivity index (χ3n) is 15.7. The van der Waals surface area contributed by atoms with Crippen LogP contribution in [0, 0.1) is 27.6 Å². The van der Waals surface area contributed by atoms with Crippen molar-refractivity contribution in [2.45, 2.75) is 97.1 Å². The average molecular weight is 894 g/mol. The van der Waals surface area contributed by atoms with Crippen LogP contribution in [-0.4, -0.2) is 3.26 Å². The van der Waals surface area contributed by atoms with Crippen molar-refractivity contribution in [3.8, 4) is 0 Å². The molecule has 52 heavy (non-hydrogen) atoms. The van der Waals surface area contributed by atoms with Crippen molar-refractivity contribution in [2.75, 3.05) is 0 Å². The fourth-order valence-corrected chi connectivity index (χ4v) is 28.9. The van der Waals surface area contributed by atoms with Crippen molar-refractivity contribution in [1.82, 2.24) is 0 Å². The Hall–Kier alpha value is -2.32. The molecule has 3 heteroatoms. The maximum absolute atomic E-state index is 3.10. The molecule has 3 aromatic rings. The van der Waals surface area contributed by atoms with Crippen molar-refractivity contribution >= 4 is 8.83 Å². The molecular formula is C49H56Cl2Hf. The van der Waals surface area contributed by atoms with Crippen molar-refractivity contribution in [3.05, 3.63) is 158 Å². The molecule has 0 amide bonds. The third-order valence-corrected chi connectivity index (χ3v) is 29.9. The van der Waals surface area contributed by atoms with Crippen LogP contribution in [0.1, 0.15) is 96.9 Å². The van der Waals surface area contributed by atoms with Crippen LogP contribution in [0.15, 0.2) is 135 Å². The molecule has 0 N–H and O–H groups in total. The molecule has 0 bridgehead atoms. The maximum atomic E-state index is 2.85. The Bertz CT molecular complexity index is 2010. The number of halogens is 2. The Morgan fingerprint density at radius 1 is 0.692 bits per heavy atom. The summed E-state index contributed by atoms with van der Waals surface area (Å²) in [6, 6.07) is 32.4. The summed E-state index contributed by atoms with van der Waals surface area (Å²) in [6.45, 7) is 21.8. The Labute approximate surface area is 334 Å². The van der Waals surface area contributed by atoms with Crippen LogP contribution in [0.4, 0.5) is 0 Å². The van der Waals surface area contributed by atoms with E-state index >= 15 is 0 Å². The molecule has 1 fully saturated rings. The molecule has 5 aliphatic carbocycles. The van der Waals surface area contributed by atoms with Crippen LogP contribution < -0.4 is 24.8 Å². The molecule has 3 atom stereocenters. The summed E-state index contributed by atoms with van der Waals surface area (Å²) in [5, 5.41) is 0. The minimum atomic E-state index is -3.10. The Kier molecular flexibility index (Phi) is 10.7. The van der Waals surface area contributed by atoms with Crippen LogP contribution in [0.3, 0.4) is 0 Å². The molecule has 0 aromatic heterocycles. The van der Waals surface area contributed by atoms with Gasteiger partial charge in [0.25, 0.3) is 0 Å². The Morgan fingerprint density at radius 2 is 1.29 bits per heavy atom. The molecule has 270 valence electrons. The SMILES string of the molecule is CC12C(=C3Cc4ccccc4C3=C3C=CCCC31)[C](C)([Hf+2]([C]1=CC=CC1)=[C](Cc1ccccc1)Cc1ccccc1)C(C)(C)C(C)(C)C2(C)C.[Cl-].[Cl-]. The van der Waals surface area contributed by atoms with E-state index in [4.69, 9.17) is 0 Å². The van der Waals surface area contributed by atoms with E-state index in [1.807, 2.05) is 12.2 Å². The van der Waals surface area contributed by atoms with Gasteiger partial charge in [-0.25, -0.2) is 0 Å². The normalized spacial score (nSPS) is 26.8. The van der Waals surface area contributed by atoms with Crippen molar-refractivity contribution in [2.24, 2.45) is 27.6 Å². The van der Waals surface area contributed by atoms with Gasteiger partial charge in [-0.15, -0.1) is 0 Å². The van der Waals surface area contributed by atoms with Gasteiger partial charge in [0.1, 0.15) is 0 Å². The van der Waals surface area contributed by atoms with Crippen LogP contribution in [0.25, 0.3) is 5.57 Å². The number of allylic oxidation sites excluding steroid dienone is 10. The average Bonchev–Trinajstić information content (AvgIpc) is 3.77. The van der Waals surface area contributed by atoms with Crippen molar-refractivity contribution in [3.63, 3.8) is 0 Å². The summed E-state index contributed by atoms with van der Waals surface area (Å²) in [5.74, 6) is 0.520. The zero-order valence-corrected chi connectivity index (χ0v) is 37.7. The molecule has 1 saturated carbocycles. The number of benzene rings is 3. The van der Waals surface area contributed by atoms with Gasteiger partial charge in [-0.05, 0) is 0 Å². The zero-order chi connectivity index (χ0) is 35.1. The first-order valence-corrected chi connectivity index (χ1v) is 24.6. The minimum Gasteiger partial charge on any atom is -1.00 e. The molecule has 0 aliphatic heterocycles. The van der Waals surface area contributed by atoms with E-state index in [1.54, 1.807) is 16.7 Å². The monoisotopic (exact) mass is 894 g/mol.